The van der Waals surface area contributed by atoms with Gasteiger partial charge in [-0.3, -0.25) is 9.59 Å². The molecule has 6 nitrogen and oxygen atoms in total. The minimum absolute atomic E-state index is 0.0386. The summed E-state index contributed by atoms with van der Waals surface area (Å²) in [6, 6.07) is 10.8. The van der Waals surface area contributed by atoms with Gasteiger partial charge in [0.05, 0.1) is 36.6 Å². The van der Waals surface area contributed by atoms with Crippen LogP contribution in [-0.2, 0) is 20.7 Å². The number of ether oxygens (including phenoxy) is 1. The fourth-order valence-corrected chi connectivity index (χ4v) is 3.79. The van der Waals surface area contributed by atoms with Crippen molar-refractivity contribution in [2.45, 2.75) is 25.8 Å². The van der Waals surface area contributed by atoms with Crippen molar-refractivity contribution in [1.82, 2.24) is 10.3 Å². The van der Waals surface area contributed by atoms with E-state index in [2.05, 4.69) is 26.2 Å². The summed E-state index contributed by atoms with van der Waals surface area (Å²) >= 11 is 4.94. The van der Waals surface area contributed by atoms with E-state index in [-0.39, 0.29) is 18.7 Å². The fourth-order valence-electron chi connectivity index (χ4n) is 2.72. The second-order valence-corrected chi connectivity index (χ2v) is 7.99. The van der Waals surface area contributed by atoms with Crippen LogP contribution in [0.4, 0.5) is 0 Å². The highest BCUT2D eigenvalue weighted by Crippen LogP contribution is 2.26. The van der Waals surface area contributed by atoms with E-state index >= 15 is 0 Å². The summed E-state index contributed by atoms with van der Waals surface area (Å²) in [6.07, 6.45) is 0.101. The zero-order chi connectivity index (χ0) is 20.1. The fraction of sp³-hybridized carbons (Fsp3) is 0.250. The molecule has 0 radical (unpaired) electrons. The van der Waals surface area contributed by atoms with Crippen molar-refractivity contribution >= 4 is 39.1 Å². The summed E-state index contributed by atoms with van der Waals surface area (Å²) in [5, 5.41) is 4.85. The Labute approximate surface area is 175 Å². The van der Waals surface area contributed by atoms with Gasteiger partial charge in [-0.2, -0.15) is 0 Å². The molecule has 1 atom stereocenters. The third-order valence-electron chi connectivity index (χ3n) is 4.14. The van der Waals surface area contributed by atoms with E-state index in [1.165, 1.54) is 18.4 Å². The van der Waals surface area contributed by atoms with E-state index in [4.69, 9.17) is 9.15 Å². The van der Waals surface area contributed by atoms with Crippen LogP contribution in [0.3, 0.4) is 0 Å². The number of nitrogens with one attached hydrogen (secondary N) is 1. The van der Waals surface area contributed by atoms with Gasteiger partial charge in [0, 0.05) is 4.47 Å². The monoisotopic (exact) mass is 462 g/mol. The van der Waals surface area contributed by atoms with Crippen LogP contribution in [0.25, 0.3) is 10.8 Å². The standard InChI is InChI=1S/C20H19BrN2O4S/c1-12-15(23-20(27-12)17-7-4-8-28-17)10-18(24)22-16(11-19(25)26-2)13-5-3-6-14(21)9-13/h3-9,16H,10-11H2,1-2H3,(H,22,24). The average Bonchev–Trinajstić information content (AvgIpc) is 3.31. The third-order valence-corrected chi connectivity index (χ3v) is 5.49. The zero-order valence-electron chi connectivity index (χ0n) is 15.4. The molecule has 1 unspecified atom stereocenters. The van der Waals surface area contributed by atoms with Crippen LogP contribution in [-0.4, -0.2) is 24.0 Å². The number of carbonyl (C=O) groups is 2. The molecule has 0 spiro atoms. The maximum absolute atomic E-state index is 12.6. The number of amides is 1. The molecule has 1 aromatic carbocycles. The van der Waals surface area contributed by atoms with Gasteiger partial charge in [0.1, 0.15) is 5.76 Å². The van der Waals surface area contributed by atoms with Gasteiger partial charge in [-0.15, -0.1) is 11.3 Å². The summed E-state index contributed by atoms with van der Waals surface area (Å²) in [5.74, 6) is 0.463. The predicted molar refractivity (Wildman–Crippen MR) is 110 cm³/mol. The number of carbonyl (C=O) groups excluding carboxylic acids is 2. The highest BCUT2D eigenvalue weighted by atomic mass is 79.9. The normalized spacial score (nSPS) is 11.8. The first kappa shape index (κ1) is 20.3. The van der Waals surface area contributed by atoms with E-state index in [1.807, 2.05) is 41.8 Å². The number of esters is 1. The molecular formula is C20H19BrN2O4S. The number of nitrogens with zero attached hydrogens (tertiary/aromatic N) is 1. The predicted octanol–water partition coefficient (Wildman–Crippen LogP) is 4.44. The minimum Gasteiger partial charge on any atom is -0.469 e. The number of halogens is 1. The molecule has 0 saturated carbocycles. The van der Waals surface area contributed by atoms with Gasteiger partial charge in [-0.05, 0) is 36.1 Å². The number of hydrogen-bond donors (Lipinski definition) is 1. The largest absolute Gasteiger partial charge is 0.469 e. The molecule has 2 aromatic heterocycles. The van der Waals surface area contributed by atoms with Crippen LogP contribution in [0.1, 0.15) is 29.5 Å². The number of hydrogen-bond acceptors (Lipinski definition) is 6. The first-order valence-electron chi connectivity index (χ1n) is 8.58. The topological polar surface area (TPSA) is 81.4 Å². The first-order valence-corrected chi connectivity index (χ1v) is 10.3. The molecule has 0 saturated heterocycles. The molecule has 1 N–H and O–H groups in total. The molecule has 3 rings (SSSR count). The highest BCUT2D eigenvalue weighted by Gasteiger charge is 2.21. The van der Waals surface area contributed by atoms with Crippen molar-refractivity contribution in [3.63, 3.8) is 0 Å². The SMILES string of the molecule is COC(=O)CC(NC(=O)Cc1nc(-c2cccs2)oc1C)c1cccc(Br)c1. The van der Waals surface area contributed by atoms with Crippen molar-refractivity contribution in [3.8, 4) is 10.8 Å². The van der Waals surface area contributed by atoms with Crippen molar-refractivity contribution in [1.29, 1.82) is 0 Å². The number of aryl methyl sites for hydroxylation is 1. The Bertz CT molecular complexity index is 969. The van der Waals surface area contributed by atoms with Gasteiger partial charge < -0.3 is 14.5 Å². The molecule has 1 amide bonds. The number of thiophene rings is 1. The average molecular weight is 463 g/mol. The molecule has 3 aromatic rings. The van der Waals surface area contributed by atoms with Gasteiger partial charge >= 0.3 is 5.97 Å². The second-order valence-electron chi connectivity index (χ2n) is 6.13. The molecule has 2 heterocycles. The Morgan fingerprint density at radius 1 is 1.32 bits per heavy atom. The Morgan fingerprint density at radius 3 is 2.82 bits per heavy atom. The second kappa shape index (κ2) is 9.16. The number of rotatable bonds is 7. The van der Waals surface area contributed by atoms with E-state index in [9.17, 15) is 9.59 Å². The lowest BCUT2D eigenvalue weighted by Crippen LogP contribution is -2.31. The number of benzene rings is 1. The van der Waals surface area contributed by atoms with Gasteiger partial charge in [0.15, 0.2) is 0 Å². The number of methoxy groups -OCH3 is 1. The van der Waals surface area contributed by atoms with E-state index in [0.29, 0.717) is 17.3 Å². The highest BCUT2D eigenvalue weighted by molar-refractivity contribution is 9.10. The van der Waals surface area contributed by atoms with Crippen LogP contribution >= 0.6 is 27.3 Å². The maximum atomic E-state index is 12.6. The van der Waals surface area contributed by atoms with E-state index in [1.54, 1.807) is 6.92 Å². The maximum Gasteiger partial charge on any atom is 0.307 e. The Hall–Kier alpha value is -2.45. The Kier molecular flexibility index (Phi) is 6.64. The molecular weight excluding hydrogens is 444 g/mol. The number of oxazole rings is 1. The smallest absolute Gasteiger partial charge is 0.307 e. The van der Waals surface area contributed by atoms with Crippen LogP contribution in [0.2, 0.25) is 0 Å². The van der Waals surface area contributed by atoms with Gasteiger partial charge in [0.2, 0.25) is 11.8 Å². The molecule has 8 heteroatoms. The zero-order valence-corrected chi connectivity index (χ0v) is 17.8. The lowest BCUT2D eigenvalue weighted by molar-refractivity contribution is -0.141. The summed E-state index contributed by atoms with van der Waals surface area (Å²) in [6.45, 7) is 1.78. The summed E-state index contributed by atoms with van der Waals surface area (Å²) in [4.78, 5) is 29.8. The van der Waals surface area contributed by atoms with Crippen LogP contribution in [0.15, 0.2) is 50.7 Å². The molecule has 0 aliphatic carbocycles. The van der Waals surface area contributed by atoms with Crippen molar-refractivity contribution in [2.24, 2.45) is 0 Å². The lowest BCUT2D eigenvalue weighted by Gasteiger charge is -2.18. The van der Waals surface area contributed by atoms with Gasteiger partial charge in [0.25, 0.3) is 0 Å². The molecule has 146 valence electrons. The van der Waals surface area contributed by atoms with Crippen LogP contribution in [0, 0.1) is 6.92 Å². The quantitative estimate of drug-likeness (QED) is 0.524. The molecule has 0 aliphatic rings. The van der Waals surface area contributed by atoms with Crippen molar-refractivity contribution in [2.75, 3.05) is 7.11 Å². The Morgan fingerprint density at radius 2 is 2.14 bits per heavy atom. The van der Waals surface area contributed by atoms with Crippen LogP contribution < -0.4 is 5.32 Å². The van der Waals surface area contributed by atoms with E-state index in [0.717, 1.165) is 14.9 Å². The summed E-state index contributed by atoms with van der Waals surface area (Å²) in [5.41, 5.74) is 1.39. The molecule has 28 heavy (non-hydrogen) atoms. The third kappa shape index (κ3) is 5.08. The lowest BCUT2D eigenvalue weighted by atomic mass is 10.0. The molecule has 0 bridgehead atoms. The minimum atomic E-state index is -0.499. The number of aromatic nitrogens is 1. The van der Waals surface area contributed by atoms with Gasteiger partial charge in [-0.1, -0.05) is 34.1 Å². The molecule has 0 aliphatic heterocycles. The Balaban J connectivity index is 1.74. The first-order chi connectivity index (χ1) is 13.5. The van der Waals surface area contributed by atoms with Gasteiger partial charge in [-0.25, -0.2) is 4.98 Å². The molecule has 0 fully saturated rings. The summed E-state index contributed by atoms with van der Waals surface area (Å²) < 4.78 is 11.3. The summed E-state index contributed by atoms with van der Waals surface area (Å²) in [7, 11) is 1.33. The van der Waals surface area contributed by atoms with E-state index < -0.39 is 12.0 Å². The van der Waals surface area contributed by atoms with Crippen molar-refractivity contribution in [3.05, 3.63) is 63.3 Å². The van der Waals surface area contributed by atoms with Crippen LogP contribution in [0.5, 0.6) is 0 Å². The van der Waals surface area contributed by atoms with Crippen molar-refractivity contribution < 1.29 is 18.7 Å².